The van der Waals surface area contributed by atoms with E-state index in [2.05, 4.69) is 82.8 Å². The molecule has 0 saturated carbocycles. The number of hydrogen-bond acceptors (Lipinski definition) is 12. The number of morpholine rings is 1. The van der Waals surface area contributed by atoms with Crippen molar-refractivity contribution in [3.8, 4) is 16.9 Å². The van der Waals surface area contributed by atoms with E-state index in [9.17, 15) is 4.57 Å². The highest BCUT2D eigenvalue weighted by Gasteiger charge is 2.40. The summed E-state index contributed by atoms with van der Waals surface area (Å²) >= 11 is 3.60. The maximum atomic E-state index is 13.5. The van der Waals surface area contributed by atoms with E-state index in [1.165, 1.54) is 0 Å². The molecule has 13 nitrogen and oxygen atoms in total. The first-order valence-electron chi connectivity index (χ1n) is 17.1. The van der Waals surface area contributed by atoms with E-state index in [0.717, 1.165) is 55.8 Å². The van der Waals surface area contributed by atoms with Crippen LogP contribution in [0.15, 0.2) is 59.7 Å². The van der Waals surface area contributed by atoms with E-state index in [0.29, 0.717) is 55.6 Å². The minimum atomic E-state index is -2.77. The third-order valence-corrected chi connectivity index (χ3v) is 11.9. The number of ether oxygens (including phenoxy) is 2. The summed E-state index contributed by atoms with van der Waals surface area (Å²) in [6, 6.07) is 7.89. The lowest BCUT2D eigenvalue weighted by atomic mass is 9.80. The molecule has 7 rings (SSSR count). The van der Waals surface area contributed by atoms with Crippen LogP contribution in [0, 0.1) is 5.92 Å². The van der Waals surface area contributed by atoms with Crippen LogP contribution in [-0.4, -0.2) is 88.0 Å². The molecule has 2 aliphatic heterocycles. The fourth-order valence-electron chi connectivity index (χ4n) is 7.36. The van der Waals surface area contributed by atoms with Crippen molar-refractivity contribution >= 4 is 68.2 Å². The van der Waals surface area contributed by atoms with Gasteiger partial charge in [-0.2, -0.15) is 10.1 Å². The number of methoxy groups -OCH3 is 1. The molecule has 3 aromatic heterocycles. The minimum absolute atomic E-state index is 0.170. The number of piperidine rings is 1. The predicted octanol–water partition coefficient (Wildman–Crippen LogP) is 6.31. The van der Waals surface area contributed by atoms with Gasteiger partial charge >= 0.3 is 0 Å². The zero-order valence-electron chi connectivity index (χ0n) is 29.8. The summed E-state index contributed by atoms with van der Waals surface area (Å²) in [6.07, 6.45) is 11.1. The molecule has 2 saturated heterocycles. The second-order valence-corrected chi connectivity index (χ2v) is 18.0. The van der Waals surface area contributed by atoms with E-state index in [1.54, 1.807) is 39.0 Å². The van der Waals surface area contributed by atoms with Gasteiger partial charge in [0.2, 0.25) is 5.95 Å². The van der Waals surface area contributed by atoms with Crippen LogP contribution in [0.3, 0.4) is 0 Å². The molecule has 15 heteroatoms. The lowest BCUT2D eigenvalue weighted by Gasteiger charge is -2.47. The smallest absolute Gasteiger partial charge is 0.229 e. The molecule has 0 bridgehead atoms. The molecule has 0 amide bonds. The van der Waals surface area contributed by atoms with Crippen molar-refractivity contribution < 1.29 is 14.0 Å². The van der Waals surface area contributed by atoms with Crippen molar-refractivity contribution in [2.24, 2.45) is 13.0 Å². The maximum absolute atomic E-state index is 13.5. The fourth-order valence-corrected chi connectivity index (χ4v) is 9.04. The molecule has 2 unspecified atom stereocenters. The van der Waals surface area contributed by atoms with Crippen LogP contribution in [0.1, 0.15) is 26.7 Å². The first kappa shape index (κ1) is 35.3. The second-order valence-electron chi connectivity index (χ2n) is 14.0. The number of nitrogens with one attached hydrogen (secondary N) is 3. The number of benzene rings is 2. The molecule has 0 spiro atoms. The van der Waals surface area contributed by atoms with Gasteiger partial charge in [-0.15, -0.1) is 0 Å². The molecule has 2 atom stereocenters. The lowest BCUT2D eigenvalue weighted by molar-refractivity contribution is -0.134. The molecule has 268 valence electrons. The Morgan fingerprint density at radius 3 is 2.57 bits per heavy atom. The van der Waals surface area contributed by atoms with Crippen LogP contribution < -0.4 is 30.9 Å². The van der Waals surface area contributed by atoms with Gasteiger partial charge in [-0.1, -0.05) is 0 Å². The Labute approximate surface area is 306 Å². The van der Waals surface area contributed by atoms with E-state index < -0.39 is 7.14 Å². The van der Waals surface area contributed by atoms with Crippen LogP contribution in [0.5, 0.6) is 5.75 Å². The summed E-state index contributed by atoms with van der Waals surface area (Å²) in [5, 5.41) is 15.4. The highest BCUT2D eigenvalue weighted by Crippen LogP contribution is 2.44. The molecule has 3 N–H and O–H groups in total. The summed E-state index contributed by atoms with van der Waals surface area (Å²) in [5.74, 6) is 1.98. The highest BCUT2D eigenvalue weighted by molar-refractivity contribution is 9.10. The summed E-state index contributed by atoms with van der Waals surface area (Å²) in [5.41, 5.74) is 5.56. The van der Waals surface area contributed by atoms with E-state index >= 15 is 0 Å². The van der Waals surface area contributed by atoms with E-state index in [-0.39, 0.29) is 11.7 Å². The quantitative estimate of drug-likeness (QED) is 0.144. The molecule has 51 heavy (non-hydrogen) atoms. The molecular weight excluding hydrogens is 731 g/mol. The van der Waals surface area contributed by atoms with Crippen LogP contribution in [0.4, 0.5) is 28.8 Å². The predicted molar refractivity (Wildman–Crippen MR) is 207 cm³/mol. The molecule has 5 aromatic rings. The average molecular weight is 776 g/mol. The zero-order chi connectivity index (χ0) is 35.9. The summed E-state index contributed by atoms with van der Waals surface area (Å²) < 4.78 is 28.4. The number of anilines is 5. The Kier molecular flexibility index (Phi) is 9.79. The van der Waals surface area contributed by atoms with Crippen LogP contribution in [-0.2, 0) is 16.3 Å². The Morgan fingerprint density at radius 2 is 1.86 bits per heavy atom. The Morgan fingerprint density at radius 1 is 1.08 bits per heavy atom. The van der Waals surface area contributed by atoms with Gasteiger partial charge in [0.25, 0.3) is 0 Å². The molecule has 0 aliphatic carbocycles. The summed E-state index contributed by atoms with van der Waals surface area (Å²) in [6.45, 7) is 11.4. The van der Waals surface area contributed by atoms with Gasteiger partial charge in [0.05, 0.1) is 51.7 Å². The van der Waals surface area contributed by atoms with Crippen molar-refractivity contribution in [1.29, 1.82) is 0 Å². The van der Waals surface area contributed by atoms with Crippen molar-refractivity contribution in [3.05, 3.63) is 59.7 Å². The van der Waals surface area contributed by atoms with Gasteiger partial charge in [-0.25, -0.2) is 4.98 Å². The van der Waals surface area contributed by atoms with E-state index in [4.69, 9.17) is 14.5 Å². The van der Waals surface area contributed by atoms with E-state index in [1.807, 2.05) is 36.3 Å². The number of fused-ring (bicyclic) bond motifs is 1. The van der Waals surface area contributed by atoms with Crippen molar-refractivity contribution in [2.75, 3.05) is 62.2 Å². The number of rotatable bonds is 9. The standard InChI is InChI=1S/C36H44BrN10O3P/c1-22-17-38-21-36(2,50-22)24-9-13-47(14-10-24)30-16-31(49-4)29(15-25(30)23-18-42-46(3)20-23)44-35-41-19-26(37)34(45-35)43-28-8-7-27-32(40-12-11-39-27)33(28)51(5,6)48/h7-8,11-12,15-16,18-20,22,24,38H,9-10,13-14,17,21H2,1-6H3,(H2,41,43,44,45). The van der Waals surface area contributed by atoms with Gasteiger partial charge in [0.1, 0.15) is 24.2 Å². The first-order valence-corrected chi connectivity index (χ1v) is 20.5. The molecule has 5 heterocycles. The fraction of sp³-hybridized carbons (Fsp3) is 0.417. The maximum Gasteiger partial charge on any atom is 0.229 e. The summed E-state index contributed by atoms with van der Waals surface area (Å²) in [7, 11) is 0.818. The Bertz CT molecular complexity index is 2110. The highest BCUT2D eigenvalue weighted by atomic mass is 79.9. The third-order valence-electron chi connectivity index (χ3n) is 9.81. The number of hydrogen-bond donors (Lipinski definition) is 3. The van der Waals surface area contributed by atoms with Crippen LogP contribution in [0.2, 0.25) is 0 Å². The number of nitrogens with zero attached hydrogens (tertiary/aromatic N) is 7. The summed E-state index contributed by atoms with van der Waals surface area (Å²) in [4.78, 5) is 20.7. The molecule has 2 aromatic carbocycles. The van der Waals surface area contributed by atoms with Crippen molar-refractivity contribution in [3.63, 3.8) is 0 Å². The Balaban J connectivity index is 1.19. The second kappa shape index (κ2) is 14.1. The van der Waals surface area contributed by atoms with Crippen LogP contribution >= 0.6 is 23.1 Å². The van der Waals surface area contributed by atoms with Gasteiger partial charge in [-0.05, 0) is 80.1 Å². The minimum Gasteiger partial charge on any atom is -0.494 e. The SMILES string of the molecule is COc1cc(N2CCC(C3(C)CNCC(C)O3)CC2)c(-c2cnn(C)c2)cc1Nc1ncc(Br)c(Nc2ccc3nccnc3c2P(C)(C)=O)n1. The van der Waals surface area contributed by atoms with Gasteiger partial charge < -0.3 is 34.9 Å². The molecular formula is C36H44BrN10O3P. The van der Waals surface area contributed by atoms with Crippen molar-refractivity contribution in [2.45, 2.75) is 38.4 Å². The molecule has 2 fully saturated rings. The molecule has 2 aliphatic rings. The average Bonchev–Trinajstić information content (AvgIpc) is 3.54. The van der Waals surface area contributed by atoms with Crippen LogP contribution in [0.25, 0.3) is 22.2 Å². The normalized spacial score (nSPS) is 20.1. The topological polar surface area (TPSA) is 144 Å². The lowest BCUT2D eigenvalue weighted by Crippen LogP contribution is -2.57. The monoisotopic (exact) mass is 774 g/mol. The van der Waals surface area contributed by atoms with Gasteiger partial charge in [0.15, 0.2) is 0 Å². The van der Waals surface area contributed by atoms with Gasteiger partial charge in [-0.3, -0.25) is 14.6 Å². The Hall–Kier alpha value is -4.10. The first-order chi connectivity index (χ1) is 24.4. The molecule has 0 radical (unpaired) electrons. The zero-order valence-corrected chi connectivity index (χ0v) is 32.3. The largest absolute Gasteiger partial charge is 0.494 e. The van der Waals surface area contributed by atoms with Crippen molar-refractivity contribution in [1.82, 2.24) is 35.0 Å². The number of halogens is 1. The number of aryl methyl sites for hydroxylation is 1. The number of aromatic nitrogens is 6. The third kappa shape index (κ3) is 7.32. The van der Waals surface area contributed by atoms with Gasteiger partial charge in [0, 0.05) is 80.9 Å².